The fourth-order valence-corrected chi connectivity index (χ4v) is 8.82. The first-order chi connectivity index (χ1) is 14.4. The fraction of sp³-hybridized carbons (Fsp3) is 0.800. The Labute approximate surface area is 192 Å². The lowest BCUT2D eigenvalue weighted by Crippen LogP contribution is -2.53. The van der Waals surface area contributed by atoms with Gasteiger partial charge in [-0.1, -0.05) is 70.9 Å². The van der Waals surface area contributed by atoms with Crippen LogP contribution in [0, 0.1) is 39.4 Å². The molecule has 0 saturated heterocycles. The highest BCUT2D eigenvalue weighted by Gasteiger charge is 2.62. The van der Waals surface area contributed by atoms with Crippen LogP contribution in [0.4, 0.5) is 0 Å². The van der Waals surface area contributed by atoms with Crippen molar-refractivity contribution in [2.75, 3.05) is 0 Å². The van der Waals surface area contributed by atoms with E-state index in [2.05, 4.69) is 73.6 Å². The minimum Gasteiger partial charge on any atom is -0.393 e. The summed E-state index contributed by atoms with van der Waals surface area (Å²) in [5, 5.41) is 10.8. The highest BCUT2D eigenvalue weighted by atomic mass is 16.3. The van der Waals surface area contributed by atoms with E-state index in [1.54, 1.807) is 11.1 Å². The maximum atomic E-state index is 10.8. The van der Waals surface area contributed by atoms with Crippen LogP contribution >= 0.6 is 0 Å². The van der Waals surface area contributed by atoms with Crippen molar-refractivity contribution in [1.29, 1.82) is 0 Å². The monoisotopic (exact) mass is 424 g/mol. The molecule has 4 aliphatic rings. The van der Waals surface area contributed by atoms with E-state index < -0.39 is 0 Å². The van der Waals surface area contributed by atoms with Gasteiger partial charge in [0.15, 0.2) is 0 Å². The van der Waals surface area contributed by atoms with Gasteiger partial charge in [0, 0.05) is 0 Å². The van der Waals surface area contributed by atoms with Gasteiger partial charge in [0.25, 0.3) is 0 Å². The lowest BCUT2D eigenvalue weighted by molar-refractivity contribution is -0.0684. The number of allylic oxidation sites excluding steroid dienone is 6. The molecule has 0 aromatic rings. The second-order valence-electron chi connectivity index (χ2n) is 13.3. The lowest BCUT2D eigenvalue weighted by Gasteiger charge is -2.60. The van der Waals surface area contributed by atoms with E-state index in [1.807, 2.05) is 0 Å². The van der Waals surface area contributed by atoms with Crippen molar-refractivity contribution in [3.63, 3.8) is 0 Å². The van der Waals surface area contributed by atoms with Crippen LogP contribution < -0.4 is 0 Å². The summed E-state index contributed by atoms with van der Waals surface area (Å²) in [6.07, 6.45) is 17.3. The van der Waals surface area contributed by atoms with Crippen LogP contribution in [0.2, 0.25) is 0 Å². The van der Waals surface area contributed by atoms with Gasteiger partial charge in [0.1, 0.15) is 0 Å². The normalized spacial score (nSPS) is 44.4. The summed E-state index contributed by atoms with van der Waals surface area (Å²) >= 11 is 0. The fourth-order valence-electron chi connectivity index (χ4n) is 8.82. The maximum absolute atomic E-state index is 10.8. The molecular formula is C30H48O. The number of fused-ring (bicyclic) bond motifs is 4. The Kier molecular flexibility index (Phi) is 5.73. The van der Waals surface area contributed by atoms with Gasteiger partial charge in [-0.25, -0.2) is 0 Å². The summed E-state index contributed by atoms with van der Waals surface area (Å²) in [6, 6.07) is 0. The first-order valence-corrected chi connectivity index (χ1v) is 13.1. The highest BCUT2D eigenvalue weighted by Crippen LogP contribution is 2.71. The maximum Gasteiger partial charge on any atom is 0.0597 e. The number of aliphatic hydroxyl groups is 1. The van der Waals surface area contributed by atoms with Crippen LogP contribution in [0.25, 0.3) is 0 Å². The van der Waals surface area contributed by atoms with Gasteiger partial charge in [-0.3, -0.25) is 0 Å². The molecule has 7 atom stereocenters. The van der Waals surface area contributed by atoms with E-state index in [-0.39, 0.29) is 16.9 Å². The van der Waals surface area contributed by atoms with E-state index in [0.717, 1.165) is 24.7 Å². The average Bonchev–Trinajstić information content (AvgIpc) is 2.96. The summed E-state index contributed by atoms with van der Waals surface area (Å²) in [4.78, 5) is 0. The van der Waals surface area contributed by atoms with Crippen molar-refractivity contribution >= 4 is 0 Å². The predicted molar refractivity (Wildman–Crippen MR) is 133 cm³/mol. The van der Waals surface area contributed by atoms with Crippen molar-refractivity contribution in [3.05, 3.63) is 34.9 Å². The number of hydrogen-bond acceptors (Lipinski definition) is 1. The van der Waals surface area contributed by atoms with E-state index in [4.69, 9.17) is 0 Å². The van der Waals surface area contributed by atoms with E-state index in [9.17, 15) is 5.11 Å². The molecule has 0 aliphatic heterocycles. The molecule has 1 nitrogen and oxygen atoms in total. The molecule has 1 N–H and O–H groups in total. The predicted octanol–water partition coefficient (Wildman–Crippen LogP) is 8.26. The zero-order valence-corrected chi connectivity index (χ0v) is 21.6. The first kappa shape index (κ1) is 23.3. The lowest BCUT2D eigenvalue weighted by atomic mass is 9.45. The SMILES string of the molecule is CC(C)=CCC[C@@H](C)[C@@H]1CC[C@]2(C)C3=C(CC[C@@]12C)[C@@]1(C)CC[C@H](O)C(C)(C)[C@@H]1C=C3. The van der Waals surface area contributed by atoms with E-state index >= 15 is 0 Å². The van der Waals surface area contributed by atoms with Gasteiger partial charge in [0.2, 0.25) is 0 Å². The molecule has 4 rings (SSSR count). The third-order valence-electron chi connectivity index (χ3n) is 11.1. The summed E-state index contributed by atoms with van der Waals surface area (Å²) in [5.74, 6) is 2.08. The molecule has 2 saturated carbocycles. The standard InChI is InChI=1S/C30H48O/c1-20(2)10-9-11-21(3)22-14-18-30(8)24-12-13-25-27(4,5)26(31)16-17-28(25,6)23(24)15-19-29(22,30)7/h10,12-13,21-22,25-26,31H,9,11,14-19H2,1-8H3/t21-,22+,25+,26+,28-,29+,30-/m1/s1. The molecule has 0 spiro atoms. The largest absolute Gasteiger partial charge is 0.393 e. The second kappa shape index (κ2) is 7.61. The molecule has 0 aromatic carbocycles. The smallest absolute Gasteiger partial charge is 0.0597 e. The number of rotatable bonds is 4. The molecule has 1 heteroatoms. The van der Waals surface area contributed by atoms with Gasteiger partial charge in [-0.15, -0.1) is 0 Å². The third kappa shape index (κ3) is 3.27. The number of hydrogen-bond donors (Lipinski definition) is 1. The van der Waals surface area contributed by atoms with Crippen molar-refractivity contribution < 1.29 is 5.11 Å². The summed E-state index contributed by atoms with van der Waals surface area (Å²) in [6.45, 7) is 19.4. The van der Waals surface area contributed by atoms with Crippen LogP contribution in [0.1, 0.15) is 107 Å². The van der Waals surface area contributed by atoms with Crippen LogP contribution in [0.3, 0.4) is 0 Å². The molecule has 0 amide bonds. The Morgan fingerprint density at radius 2 is 1.81 bits per heavy atom. The molecule has 0 radical (unpaired) electrons. The second-order valence-corrected chi connectivity index (χ2v) is 13.3. The summed E-state index contributed by atoms with van der Waals surface area (Å²) in [5.41, 5.74) is 5.82. The Balaban J connectivity index is 1.66. The first-order valence-electron chi connectivity index (χ1n) is 13.1. The molecular weight excluding hydrogens is 376 g/mol. The van der Waals surface area contributed by atoms with Crippen molar-refractivity contribution in [1.82, 2.24) is 0 Å². The molecule has 31 heavy (non-hydrogen) atoms. The van der Waals surface area contributed by atoms with Crippen LogP contribution in [-0.2, 0) is 0 Å². The van der Waals surface area contributed by atoms with Crippen LogP contribution in [0.15, 0.2) is 34.9 Å². The van der Waals surface area contributed by atoms with Crippen LogP contribution in [0.5, 0.6) is 0 Å². The molecule has 4 aliphatic carbocycles. The third-order valence-corrected chi connectivity index (χ3v) is 11.1. The minimum absolute atomic E-state index is 0.0403. The quantitative estimate of drug-likeness (QED) is 0.450. The van der Waals surface area contributed by atoms with Gasteiger partial charge >= 0.3 is 0 Å². The molecule has 0 aromatic heterocycles. The molecule has 0 unspecified atom stereocenters. The van der Waals surface area contributed by atoms with Crippen molar-refractivity contribution in [2.45, 2.75) is 113 Å². The Morgan fingerprint density at radius 1 is 1.10 bits per heavy atom. The van der Waals surface area contributed by atoms with Crippen molar-refractivity contribution in [3.8, 4) is 0 Å². The van der Waals surface area contributed by atoms with Gasteiger partial charge in [-0.05, 0) is 110 Å². The number of aliphatic hydroxyl groups excluding tert-OH is 1. The summed E-state index contributed by atoms with van der Waals surface area (Å²) in [7, 11) is 0. The van der Waals surface area contributed by atoms with Gasteiger partial charge < -0.3 is 5.11 Å². The molecule has 174 valence electrons. The molecule has 2 fully saturated rings. The van der Waals surface area contributed by atoms with Gasteiger partial charge in [-0.2, -0.15) is 0 Å². The van der Waals surface area contributed by atoms with E-state index in [1.165, 1.54) is 44.1 Å². The topological polar surface area (TPSA) is 20.2 Å². The Hall–Kier alpha value is -0.820. The molecule has 0 heterocycles. The zero-order valence-electron chi connectivity index (χ0n) is 21.6. The zero-order chi connectivity index (χ0) is 22.8. The minimum atomic E-state index is -0.181. The highest BCUT2D eigenvalue weighted by molar-refractivity contribution is 5.46. The van der Waals surface area contributed by atoms with E-state index in [0.29, 0.717) is 16.7 Å². The summed E-state index contributed by atoms with van der Waals surface area (Å²) < 4.78 is 0. The van der Waals surface area contributed by atoms with Gasteiger partial charge in [0.05, 0.1) is 6.10 Å². The van der Waals surface area contributed by atoms with Crippen molar-refractivity contribution in [2.24, 2.45) is 39.4 Å². The molecule has 0 bridgehead atoms. The Morgan fingerprint density at radius 3 is 2.48 bits per heavy atom. The average molecular weight is 425 g/mol. The van der Waals surface area contributed by atoms with Crippen LogP contribution in [-0.4, -0.2) is 11.2 Å². The Bertz CT molecular complexity index is 808.